The number of carbonyl (C=O) groups excluding carboxylic acids is 1. The molecule has 0 aromatic heterocycles. The zero-order valence-corrected chi connectivity index (χ0v) is 12.0. The van der Waals surface area contributed by atoms with Crippen molar-refractivity contribution in [2.75, 3.05) is 19.6 Å². The molecule has 1 aromatic rings. The van der Waals surface area contributed by atoms with Crippen molar-refractivity contribution in [2.45, 2.75) is 39.2 Å². The third-order valence-electron chi connectivity index (χ3n) is 3.70. The van der Waals surface area contributed by atoms with Crippen LogP contribution in [0.1, 0.15) is 32.3 Å². The molecule has 3 heteroatoms. The third-order valence-corrected chi connectivity index (χ3v) is 3.70. The highest BCUT2D eigenvalue weighted by Gasteiger charge is 2.26. The summed E-state index contributed by atoms with van der Waals surface area (Å²) in [5, 5.41) is 0. The monoisotopic (exact) mass is 260 g/mol. The van der Waals surface area contributed by atoms with Gasteiger partial charge in [-0.1, -0.05) is 30.3 Å². The van der Waals surface area contributed by atoms with E-state index in [9.17, 15) is 4.79 Å². The summed E-state index contributed by atoms with van der Waals surface area (Å²) in [6.07, 6.45) is 3.18. The van der Waals surface area contributed by atoms with Crippen molar-refractivity contribution < 1.29 is 4.79 Å². The van der Waals surface area contributed by atoms with E-state index in [1.54, 1.807) is 0 Å². The molecule has 1 fully saturated rings. The van der Waals surface area contributed by atoms with Crippen molar-refractivity contribution in [3.8, 4) is 0 Å². The normalized spacial score (nSPS) is 16.3. The quantitative estimate of drug-likeness (QED) is 0.797. The number of rotatable bonds is 5. The summed E-state index contributed by atoms with van der Waals surface area (Å²) in [5.41, 5.74) is 1.35. The minimum Gasteiger partial charge on any atom is -0.325 e. The molecule has 1 aromatic carbocycles. The number of hydrogen-bond donors (Lipinski definition) is 0. The Hall–Kier alpha value is -1.51. The molecular weight excluding hydrogens is 236 g/mol. The van der Waals surface area contributed by atoms with Crippen molar-refractivity contribution in [1.29, 1.82) is 0 Å². The van der Waals surface area contributed by atoms with Crippen LogP contribution in [-0.4, -0.2) is 41.5 Å². The predicted molar refractivity (Wildman–Crippen MR) is 78.2 cm³/mol. The topological polar surface area (TPSA) is 23.6 Å². The lowest BCUT2D eigenvalue weighted by molar-refractivity contribution is 0.115. The second kappa shape index (κ2) is 6.60. The summed E-state index contributed by atoms with van der Waals surface area (Å²) in [7, 11) is 0. The van der Waals surface area contributed by atoms with E-state index in [4.69, 9.17) is 0 Å². The Labute approximate surface area is 116 Å². The van der Waals surface area contributed by atoms with E-state index in [2.05, 4.69) is 38.1 Å². The number of urea groups is 1. The smallest absolute Gasteiger partial charge is 0.320 e. The molecule has 1 saturated heterocycles. The van der Waals surface area contributed by atoms with Crippen LogP contribution < -0.4 is 0 Å². The van der Waals surface area contributed by atoms with Crippen LogP contribution in [0.15, 0.2) is 30.3 Å². The molecular formula is C16H24N2O. The average molecular weight is 260 g/mol. The summed E-state index contributed by atoms with van der Waals surface area (Å²) in [4.78, 5) is 16.2. The first-order chi connectivity index (χ1) is 9.18. The molecule has 3 nitrogen and oxygen atoms in total. The van der Waals surface area contributed by atoms with Gasteiger partial charge in [-0.15, -0.1) is 0 Å². The minimum absolute atomic E-state index is 0.217. The predicted octanol–water partition coefficient (Wildman–Crippen LogP) is 3.16. The Bertz CT molecular complexity index is 402. The van der Waals surface area contributed by atoms with Gasteiger partial charge in [-0.25, -0.2) is 4.79 Å². The number of carbonyl (C=O) groups is 1. The van der Waals surface area contributed by atoms with Crippen LogP contribution in [0.3, 0.4) is 0 Å². The zero-order chi connectivity index (χ0) is 13.7. The first kappa shape index (κ1) is 13.9. The van der Waals surface area contributed by atoms with Crippen LogP contribution in [0.25, 0.3) is 0 Å². The summed E-state index contributed by atoms with van der Waals surface area (Å²) in [5.74, 6) is 0. The molecule has 0 N–H and O–H groups in total. The molecule has 1 heterocycles. The molecule has 1 aliphatic heterocycles. The van der Waals surface area contributed by atoms with Crippen LogP contribution in [0.2, 0.25) is 0 Å². The van der Waals surface area contributed by atoms with E-state index in [-0.39, 0.29) is 6.03 Å². The van der Waals surface area contributed by atoms with Crippen LogP contribution in [0, 0.1) is 0 Å². The Balaban J connectivity index is 1.81. The summed E-state index contributed by atoms with van der Waals surface area (Å²) in [6.45, 7) is 6.87. The number of aryl methyl sites for hydroxylation is 1. The standard InChI is InChI=1S/C16H24N2O/c1-14(2)18-13-7-12-17(16(18)19)11-6-10-15-8-4-3-5-9-15/h3-5,8-9,14H,6-7,10-13H2,1-2H3. The molecule has 0 radical (unpaired) electrons. The first-order valence-electron chi connectivity index (χ1n) is 7.28. The van der Waals surface area contributed by atoms with Crippen LogP contribution in [-0.2, 0) is 6.42 Å². The van der Waals surface area contributed by atoms with Crippen LogP contribution >= 0.6 is 0 Å². The SMILES string of the molecule is CC(C)N1CCCN(CCCc2ccccc2)C1=O. The van der Waals surface area contributed by atoms with E-state index in [1.165, 1.54) is 5.56 Å². The fourth-order valence-electron chi connectivity index (χ4n) is 2.61. The maximum Gasteiger partial charge on any atom is 0.320 e. The average Bonchev–Trinajstić information content (AvgIpc) is 2.41. The summed E-state index contributed by atoms with van der Waals surface area (Å²) in [6, 6.07) is 11.0. The Morgan fingerprint density at radius 1 is 1.16 bits per heavy atom. The van der Waals surface area contributed by atoms with Crippen LogP contribution in [0.5, 0.6) is 0 Å². The molecule has 19 heavy (non-hydrogen) atoms. The largest absolute Gasteiger partial charge is 0.325 e. The lowest BCUT2D eigenvalue weighted by Crippen LogP contribution is -2.52. The fraction of sp³-hybridized carbons (Fsp3) is 0.562. The molecule has 0 atom stereocenters. The third kappa shape index (κ3) is 3.72. The molecule has 2 amide bonds. The molecule has 0 spiro atoms. The van der Waals surface area contributed by atoms with Gasteiger partial charge in [-0.3, -0.25) is 0 Å². The van der Waals surface area contributed by atoms with Gasteiger partial charge in [0.05, 0.1) is 0 Å². The Kier molecular flexibility index (Phi) is 4.83. The molecule has 0 saturated carbocycles. The van der Waals surface area contributed by atoms with E-state index < -0.39 is 0 Å². The van der Waals surface area contributed by atoms with Gasteiger partial charge in [0.2, 0.25) is 0 Å². The molecule has 0 aliphatic carbocycles. The minimum atomic E-state index is 0.217. The van der Waals surface area contributed by atoms with E-state index in [1.807, 2.05) is 15.9 Å². The van der Waals surface area contributed by atoms with Gasteiger partial charge in [-0.2, -0.15) is 0 Å². The van der Waals surface area contributed by atoms with Gasteiger partial charge in [0.15, 0.2) is 0 Å². The highest BCUT2D eigenvalue weighted by atomic mass is 16.2. The zero-order valence-electron chi connectivity index (χ0n) is 12.0. The summed E-state index contributed by atoms with van der Waals surface area (Å²) >= 11 is 0. The number of nitrogens with zero attached hydrogens (tertiary/aromatic N) is 2. The Morgan fingerprint density at radius 2 is 1.89 bits per heavy atom. The second-order valence-corrected chi connectivity index (χ2v) is 5.50. The molecule has 0 unspecified atom stereocenters. The van der Waals surface area contributed by atoms with Gasteiger partial charge < -0.3 is 9.80 Å². The number of amides is 2. The number of hydrogen-bond acceptors (Lipinski definition) is 1. The number of benzene rings is 1. The highest BCUT2D eigenvalue weighted by Crippen LogP contribution is 2.13. The van der Waals surface area contributed by atoms with E-state index in [0.717, 1.165) is 38.9 Å². The lowest BCUT2D eigenvalue weighted by atomic mass is 10.1. The molecule has 2 rings (SSSR count). The van der Waals surface area contributed by atoms with Crippen molar-refractivity contribution >= 4 is 6.03 Å². The molecule has 0 bridgehead atoms. The van der Waals surface area contributed by atoms with Crippen molar-refractivity contribution in [2.24, 2.45) is 0 Å². The van der Waals surface area contributed by atoms with Crippen molar-refractivity contribution in [3.05, 3.63) is 35.9 Å². The molecule has 1 aliphatic rings. The van der Waals surface area contributed by atoms with Crippen LogP contribution in [0.4, 0.5) is 4.79 Å². The second-order valence-electron chi connectivity index (χ2n) is 5.50. The maximum absolute atomic E-state index is 12.3. The lowest BCUT2D eigenvalue weighted by Gasteiger charge is -2.38. The van der Waals surface area contributed by atoms with E-state index in [0.29, 0.717) is 6.04 Å². The van der Waals surface area contributed by atoms with Gasteiger partial charge in [0, 0.05) is 25.7 Å². The van der Waals surface area contributed by atoms with Gasteiger partial charge in [0.1, 0.15) is 0 Å². The van der Waals surface area contributed by atoms with Crippen molar-refractivity contribution in [3.63, 3.8) is 0 Å². The van der Waals surface area contributed by atoms with E-state index >= 15 is 0 Å². The van der Waals surface area contributed by atoms with Gasteiger partial charge in [-0.05, 0) is 38.7 Å². The first-order valence-corrected chi connectivity index (χ1v) is 7.28. The Morgan fingerprint density at radius 3 is 2.58 bits per heavy atom. The fourth-order valence-corrected chi connectivity index (χ4v) is 2.61. The summed E-state index contributed by atoms with van der Waals surface area (Å²) < 4.78 is 0. The maximum atomic E-state index is 12.3. The van der Waals surface area contributed by atoms with Gasteiger partial charge in [0.25, 0.3) is 0 Å². The van der Waals surface area contributed by atoms with Gasteiger partial charge >= 0.3 is 6.03 Å². The molecule has 104 valence electrons. The van der Waals surface area contributed by atoms with Crippen molar-refractivity contribution in [1.82, 2.24) is 9.80 Å². The highest BCUT2D eigenvalue weighted by molar-refractivity contribution is 5.75.